The van der Waals surface area contributed by atoms with Crippen LogP contribution in [0.25, 0.3) is 0 Å². The summed E-state index contributed by atoms with van der Waals surface area (Å²) < 4.78 is 6.58. The van der Waals surface area contributed by atoms with Gasteiger partial charge in [-0.2, -0.15) is 5.26 Å². The van der Waals surface area contributed by atoms with Crippen molar-refractivity contribution in [2.24, 2.45) is 0 Å². The van der Waals surface area contributed by atoms with E-state index >= 15 is 0 Å². The van der Waals surface area contributed by atoms with E-state index < -0.39 is 5.41 Å². The van der Waals surface area contributed by atoms with E-state index in [1.165, 1.54) is 0 Å². The van der Waals surface area contributed by atoms with Gasteiger partial charge < -0.3 is 4.74 Å². The van der Waals surface area contributed by atoms with Crippen LogP contribution in [0.2, 0.25) is 0 Å². The standard InChI is InChI=1S/C14H17BrN2O/c1-2-18-12-5-7-14(10-16,8-6-12)13-4-3-11(15)9-17-13/h3-4,9,12H,2,5-8H2,1H3/t12-,14-. The predicted molar refractivity (Wildman–Crippen MR) is 73.1 cm³/mol. The first-order chi connectivity index (χ1) is 8.70. The molecule has 96 valence electrons. The maximum atomic E-state index is 9.54. The molecule has 0 aliphatic heterocycles. The van der Waals surface area contributed by atoms with Crippen LogP contribution >= 0.6 is 15.9 Å². The van der Waals surface area contributed by atoms with Crippen LogP contribution < -0.4 is 0 Å². The number of nitrogens with zero attached hydrogens (tertiary/aromatic N) is 2. The Morgan fingerprint density at radius 1 is 1.50 bits per heavy atom. The third-order valence-corrected chi connectivity index (χ3v) is 4.09. The van der Waals surface area contributed by atoms with Crippen LogP contribution in [-0.4, -0.2) is 17.7 Å². The molecule has 1 aliphatic carbocycles. The largest absolute Gasteiger partial charge is 0.379 e. The topological polar surface area (TPSA) is 45.9 Å². The highest BCUT2D eigenvalue weighted by molar-refractivity contribution is 9.10. The average molecular weight is 309 g/mol. The van der Waals surface area contributed by atoms with Crippen molar-refractivity contribution < 1.29 is 4.74 Å². The maximum Gasteiger partial charge on any atom is 0.0994 e. The third-order valence-electron chi connectivity index (χ3n) is 3.62. The van der Waals surface area contributed by atoms with E-state index in [1.807, 2.05) is 19.1 Å². The maximum absolute atomic E-state index is 9.54. The van der Waals surface area contributed by atoms with Gasteiger partial charge in [0.1, 0.15) is 0 Å². The van der Waals surface area contributed by atoms with E-state index in [4.69, 9.17) is 4.74 Å². The minimum absolute atomic E-state index is 0.312. The van der Waals surface area contributed by atoms with Crippen LogP contribution in [0.3, 0.4) is 0 Å². The molecule has 2 rings (SSSR count). The lowest BCUT2D eigenvalue weighted by atomic mass is 9.72. The predicted octanol–water partition coefficient (Wildman–Crippen LogP) is 3.58. The Morgan fingerprint density at radius 3 is 2.72 bits per heavy atom. The second-order valence-electron chi connectivity index (χ2n) is 4.71. The first-order valence-corrected chi connectivity index (χ1v) is 7.14. The smallest absolute Gasteiger partial charge is 0.0994 e. The summed E-state index contributed by atoms with van der Waals surface area (Å²) in [5.74, 6) is 0. The fraction of sp³-hybridized carbons (Fsp3) is 0.571. The minimum atomic E-state index is -0.422. The van der Waals surface area contributed by atoms with E-state index in [0.29, 0.717) is 6.10 Å². The molecule has 0 spiro atoms. The fourth-order valence-corrected chi connectivity index (χ4v) is 2.81. The lowest BCUT2D eigenvalue weighted by molar-refractivity contribution is 0.0257. The van der Waals surface area contributed by atoms with Gasteiger partial charge in [-0.3, -0.25) is 4.98 Å². The number of hydrogen-bond donors (Lipinski definition) is 0. The molecule has 0 N–H and O–H groups in total. The molecule has 1 saturated carbocycles. The van der Waals surface area contributed by atoms with E-state index in [2.05, 4.69) is 27.0 Å². The highest BCUT2D eigenvalue weighted by Gasteiger charge is 2.38. The number of aromatic nitrogens is 1. The molecule has 0 amide bonds. The van der Waals surface area contributed by atoms with Gasteiger partial charge in [0.2, 0.25) is 0 Å². The van der Waals surface area contributed by atoms with Crippen molar-refractivity contribution in [2.75, 3.05) is 6.61 Å². The molecule has 0 radical (unpaired) electrons. The molecule has 0 aromatic carbocycles. The Morgan fingerprint density at radius 2 is 2.22 bits per heavy atom. The first-order valence-electron chi connectivity index (χ1n) is 6.35. The van der Waals surface area contributed by atoms with Crippen LogP contribution in [0, 0.1) is 11.3 Å². The van der Waals surface area contributed by atoms with Crippen LogP contribution in [0.4, 0.5) is 0 Å². The zero-order chi connectivity index (χ0) is 13.0. The lowest BCUT2D eigenvalue weighted by Gasteiger charge is -2.34. The van der Waals surface area contributed by atoms with Crippen molar-refractivity contribution in [3.8, 4) is 6.07 Å². The molecule has 0 bridgehead atoms. The second kappa shape index (κ2) is 5.81. The van der Waals surface area contributed by atoms with Gasteiger partial charge in [0.25, 0.3) is 0 Å². The average Bonchev–Trinajstić information content (AvgIpc) is 2.41. The minimum Gasteiger partial charge on any atom is -0.379 e. The first kappa shape index (κ1) is 13.5. The Hall–Kier alpha value is -0.920. The quantitative estimate of drug-likeness (QED) is 0.857. The van der Waals surface area contributed by atoms with E-state index in [1.54, 1.807) is 6.20 Å². The third kappa shape index (κ3) is 2.73. The van der Waals surface area contributed by atoms with Crippen LogP contribution in [-0.2, 0) is 10.2 Å². The number of rotatable bonds is 3. The molecule has 3 nitrogen and oxygen atoms in total. The van der Waals surface area contributed by atoms with Crippen molar-refractivity contribution in [3.05, 3.63) is 28.5 Å². The summed E-state index contributed by atoms with van der Waals surface area (Å²) >= 11 is 3.37. The molecule has 1 aromatic heterocycles. The van der Waals surface area contributed by atoms with Crippen LogP contribution in [0.15, 0.2) is 22.8 Å². The summed E-state index contributed by atoms with van der Waals surface area (Å²) in [7, 11) is 0. The number of hydrogen-bond acceptors (Lipinski definition) is 3. The van der Waals surface area contributed by atoms with Gasteiger partial charge in [0.05, 0.1) is 23.3 Å². The molecule has 1 aliphatic rings. The molecule has 0 saturated heterocycles. The monoisotopic (exact) mass is 308 g/mol. The fourth-order valence-electron chi connectivity index (χ4n) is 2.57. The number of nitriles is 1. The summed E-state index contributed by atoms with van der Waals surface area (Å²) in [6, 6.07) is 6.39. The molecular weight excluding hydrogens is 292 g/mol. The molecule has 0 atom stereocenters. The zero-order valence-electron chi connectivity index (χ0n) is 10.5. The second-order valence-corrected chi connectivity index (χ2v) is 5.63. The van der Waals surface area contributed by atoms with Crippen LogP contribution in [0.1, 0.15) is 38.3 Å². The van der Waals surface area contributed by atoms with E-state index in [9.17, 15) is 5.26 Å². The summed E-state index contributed by atoms with van der Waals surface area (Å²) in [5.41, 5.74) is 0.469. The highest BCUT2D eigenvalue weighted by Crippen LogP contribution is 2.39. The summed E-state index contributed by atoms with van der Waals surface area (Å²) in [4.78, 5) is 4.41. The summed E-state index contributed by atoms with van der Waals surface area (Å²) in [6.45, 7) is 2.77. The van der Waals surface area contributed by atoms with Gasteiger partial charge in [-0.05, 0) is 60.7 Å². The van der Waals surface area contributed by atoms with Crippen molar-refractivity contribution in [1.82, 2.24) is 4.98 Å². The Kier molecular flexibility index (Phi) is 4.36. The Labute approximate surface area is 116 Å². The Bertz CT molecular complexity index is 430. The molecule has 1 heterocycles. The Balaban J connectivity index is 2.14. The van der Waals surface area contributed by atoms with Gasteiger partial charge in [-0.1, -0.05) is 0 Å². The number of pyridine rings is 1. The molecule has 18 heavy (non-hydrogen) atoms. The SMILES string of the molecule is CCO[C@H]1CC[C@](C#N)(c2ccc(Br)cn2)CC1. The van der Waals surface area contributed by atoms with Crippen molar-refractivity contribution >= 4 is 15.9 Å². The van der Waals surface area contributed by atoms with Gasteiger partial charge in [0, 0.05) is 17.3 Å². The zero-order valence-corrected chi connectivity index (χ0v) is 12.1. The number of halogens is 1. The normalized spacial score (nSPS) is 27.7. The van der Waals surface area contributed by atoms with Crippen molar-refractivity contribution in [3.63, 3.8) is 0 Å². The highest BCUT2D eigenvalue weighted by atomic mass is 79.9. The molecule has 0 unspecified atom stereocenters. The molecule has 1 fully saturated rings. The van der Waals surface area contributed by atoms with E-state index in [0.717, 1.165) is 42.5 Å². The van der Waals surface area contributed by atoms with Gasteiger partial charge in [0.15, 0.2) is 0 Å². The molecule has 1 aromatic rings. The van der Waals surface area contributed by atoms with Gasteiger partial charge >= 0.3 is 0 Å². The lowest BCUT2D eigenvalue weighted by Crippen LogP contribution is -2.34. The number of ether oxygens (including phenoxy) is 1. The van der Waals surface area contributed by atoms with Crippen molar-refractivity contribution in [1.29, 1.82) is 5.26 Å². The summed E-state index contributed by atoms with van der Waals surface area (Å²) in [6.07, 6.45) is 5.64. The van der Waals surface area contributed by atoms with Crippen LogP contribution in [0.5, 0.6) is 0 Å². The molecule has 4 heteroatoms. The van der Waals surface area contributed by atoms with Gasteiger partial charge in [-0.25, -0.2) is 0 Å². The van der Waals surface area contributed by atoms with Gasteiger partial charge in [-0.15, -0.1) is 0 Å². The van der Waals surface area contributed by atoms with Crippen molar-refractivity contribution in [2.45, 2.75) is 44.1 Å². The summed E-state index contributed by atoms with van der Waals surface area (Å²) in [5, 5.41) is 9.54. The van der Waals surface area contributed by atoms with E-state index in [-0.39, 0.29) is 0 Å². The molecular formula is C14H17BrN2O.